The number of para-hydroxylation sites is 1. The predicted octanol–water partition coefficient (Wildman–Crippen LogP) is 3.70. The van der Waals surface area contributed by atoms with Crippen LogP contribution >= 0.6 is 0 Å². The molecule has 1 saturated heterocycles. The first-order valence-electron chi connectivity index (χ1n) is 7.50. The van der Waals surface area contributed by atoms with Crippen LogP contribution in [0.1, 0.15) is 50.7 Å². The number of nitrogens with zero attached hydrogens (tertiary/aromatic N) is 1. The third-order valence-electron chi connectivity index (χ3n) is 4.51. The molecule has 106 valence electrons. The minimum absolute atomic E-state index is 0.245. The molecule has 2 rings (SSSR count). The molecule has 2 nitrogen and oxygen atoms in total. The van der Waals surface area contributed by atoms with Crippen molar-refractivity contribution in [3.8, 4) is 0 Å². The van der Waals surface area contributed by atoms with Gasteiger partial charge in [0.2, 0.25) is 0 Å². The molecule has 0 bridgehead atoms. The van der Waals surface area contributed by atoms with Gasteiger partial charge in [0.15, 0.2) is 0 Å². The van der Waals surface area contributed by atoms with Gasteiger partial charge in [-0.2, -0.15) is 0 Å². The van der Waals surface area contributed by atoms with Crippen LogP contribution in [0.4, 0.5) is 5.69 Å². The Morgan fingerprint density at radius 3 is 2.68 bits per heavy atom. The summed E-state index contributed by atoms with van der Waals surface area (Å²) in [4.78, 5) is 2.59. The molecule has 0 amide bonds. The first-order chi connectivity index (χ1) is 8.97. The molecule has 0 aliphatic carbocycles. The summed E-state index contributed by atoms with van der Waals surface area (Å²) in [5, 5.41) is 3.51. The zero-order chi connectivity index (χ0) is 14.0. The van der Waals surface area contributed by atoms with Crippen LogP contribution in [-0.2, 0) is 0 Å². The van der Waals surface area contributed by atoms with E-state index in [0.717, 1.165) is 6.54 Å². The van der Waals surface area contributed by atoms with Gasteiger partial charge in [-0.05, 0) is 50.8 Å². The SMILES string of the molecule is CNC1(C)CCCN(c2c(C)cccc2C(C)C)C1. The highest BCUT2D eigenvalue weighted by Crippen LogP contribution is 2.34. The largest absolute Gasteiger partial charge is 0.369 e. The summed E-state index contributed by atoms with van der Waals surface area (Å²) in [5.74, 6) is 0.581. The molecule has 2 heteroatoms. The zero-order valence-corrected chi connectivity index (χ0v) is 13.1. The molecule has 1 unspecified atom stereocenters. The summed E-state index contributed by atoms with van der Waals surface area (Å²) in [6.45, 7) is 11.5. The van der Waals surface area contributed by atoms with Gasteiger partial charge in [-0.15, -0.1) is 0 Å². The number of anilines is 1. The summed E-state index contributed by atoms with van der Waals surface area (Å²) >= 11 is 0. The van der Waals surface area contributed by atoms with Gasteiger partial charge in [-0.3, -0.25) is 0 Å². The van der Waals surface area contributed by atoms with Crippen LogP contribution in [0.5, 0.6) is 0 Å². The molecule has 1 fully saturated rings. The fourth-order valence-corrected chi connectivity index (χ4v) is 3.21. The van der Waals surface area contributed by atoms with Gasteiger partial charge < -0.3 is 10.2 Å². The monoisotopic (exact) mass is 260 g/mol. The molecule has 0 radical (unpaired) electrons. The average Bonchev–Trinajstić information content (AvgIpc) is 2.38. The van der Waals surface area contributed by atoms with Crippen molar-refractivity contribution in [1.82, 2.24) is 5.32 Å². The van der Waals surface area contributed by atoms with Crippen LogP contribution in [0.15, 0.2) is 18.2 Å². The van der Waals surface area contributed by atoms with Crippen LogP contribution in [0.3, 0.4) is 0 Å². The highest BCUT2D eigenvalue weighted by Gasteiger charge is 2.30. The van der Waals surface area contributed by atoms with E-state index in [4.69, 9.17) is 0 Å². The normalized spacial score (nSPS) is 24.0. The lowest BCUT2D eigenvalue weighted by Gasteiger charge is -2.43. The summed E-state index contributed by atoms with van der Waals surface area (Å²) in [6.07, 6.45) is 2.53. The Kier molecular flexibility index (Phi) is 4.19. The maximum atomic E-state index is 3.51. The predicted molar refractivity (Wildman–Crippen MR) is 84.2 cm³/mol. The lowest BCUT2D eigenvalue weighted by Crippen LogP contribution is -2.54. The Labute approximate surface area is 118 Å². The van der Waals surface area contributed by atoms with Gasteiger partial charge >= 0.3 is 0 Å². The third-order valence-corrected chi connectivity index (χ3v) is 4.51. The fraction of sp³-hybridized carbons (Fsp3) is 0.647. The number of benzene rings is 1. The molecule has 1 aromatic rings. The Morgan fingerprint density at radius 2 is 2.05 bits per heavy atom. The number of piperidine rings is 1. The van der Waals surface area contributed by atoms with E-state index < -0.39 is 0 Å². The third kappa shape index (κ3) is 2.94. The van der Waals surface area contributed by atoms with Gasteiger partial charge in [0.25, 0.3) is 0 Å². The summed E-state index contributed by atoms with van der Waals surface area (Å²) < 4.78 is 0. The van der Waals surface area contributed by atoms with Crippen molar-refractivity contribution in [3.63, 3.8) is 0 Å². The molecule has 1 N–H and O–H groups in total. The number of hydrogen-bond donors (Lipinski definition) is 1. The van der Waals surface area contributed by atoms with Crippen LogP contribution in [-0.4, -0.2) is 25.7 Å². The quantitative estimate of drug-likeness (QED) is 0.891. The van der Waals surface area contributed by atoms with E-state index in [0.29, 0.717) is 5.92 Å². The highest BCUT2D eigenvalue weighted by atomic mass is 15.2. The maximum absolute atomic E-state index is 3.51. The molecular formula is C17H28N2. The van der Waals surface area contributed by atoms with E-state index in [9.17, 15) is 0 Å². The zero-order valence-electron chi connectivity index (χ0n) is 13.1. The Hall–Kier alpha value is -1.02. The smallest absolute Gasteiger partial charge is 0.0431 e. The number of aryl methyl sites for hydroxylation is 1. The van der Waals surface area contributed by atoms with E-state index in [2.05, 4.69) is 63.2 Å². The van der Waals surface area contributed by atoms with Gasteiger partial charge in [0.1, 0.15) is 0 Å². The molecule has 0 spiro atoms. The molecule has 1 aliphatic rings. The molecule has 1 heterocycles. The van der Waals surface area contributed by atoms with Crippen LogP contribution < -0.4 is 10.2 Å². The number of rotatable bonds is 3. The summed E-state index contributed by atoms with van der Waals surface area (Å²) in [5.41, 5.74) is 4.61. The second-order valence-electron chi connectivity index (χ2n) is 6.50. The minimum atomic E-state index is 0.245. The maximum Gasteiger partial charge on any atom is 0.0431 e. The van der Waals surface area contributed by atoms with E-state index in [-0.39, 0.29) is 5.54 Å². The van der Waals surface area contributed by atoms with Crippen LogP contribution in [0.2, 0.25) is 0 Å². The number of nitrogens with one attached hydrogen (secondary N) is 1. The number of hydrogen-bond acceptors (Lipinski definition) is 2. The van der Waals surface area contributed by atoms with Gasteiger partial charge in [-0.1, -0.05) is 32.0 Å². The molecule has 0 saturated carbocycles. The van der Waals surface area contributed by atoms with Crippen molar-refractivity contribution >= 4 is 5.69 Å². The van der Waals surface area contributed by atoms with E-state index in [1.54, 1.807) is 0 Å². The lowest BCUT2D eigenvalue weighted by atomic mass is 9.89. The molecule has 1 aromatic carbocycles. The Bertz CT molecular complexity index is 439. The van der Waals surface area contributed by atoms with E-state index in [1.807, 2.05) is 0 Å². The average molecular weight is 260 g/mol. The van der Waals surface area contributed by atoms with Crippen molar-refractivity contribution in [2.45, 2.75) is 52.0 Å². The minimum Gasteiger partial charge on any atom is -0.369 e. The lowest BCUT2D eigenvalue weighted by molar-refractivity contribution is 0.316. The highest BCUT2D eigenvalue weighted by molar-refractivity contribution is 5.61. The van der Waals surface area contributed by atoms with Gasteiger partial charge in [0, 0.05) is 24.3 Å². The molecule has 19 heavy (non-hydrogen) atoms. The Balaban J connectivity index is 2.36. The van der Waals surface area contributed by atoms with Crippen molar-refractivity contribution < 1.29 is 0 Å². The standard InChI is InChI=1S/C17H28N2/c1-13(2)15-9-6-8-14(3)16(15)19-11-7-10-17(4,12-19)18-5/h6,8-9,13,18H,7,10-12H2,1-5H3. The molecule has 1 aliphatic heterocycles. The van der Waals surface area contributed by atoms with Gasteiger partial charge in [0.05, 0.1) is 0 Å². The summed E-state index contributed by atoms with van der Waals surface area (Å²) in [7, 11) is 2.09. The first-order valence-corrected chi connectivity index (χ1v) is 7.50. The number of likely N-dealkylation sites (N-methyl/N-ethyl adjacent to an activating group) is 1. The molecule has 1 atom stereocenters. The molecular weight excluding hydrogens is 232 g/mol. The van der Waals surface area contributed by atoms with E-state index in [1.165, 1.54) is 36.2 Å². The van der Waals surface area contributed by atoms with Crippen molar-refractivity contribution in [2.24, 2.45) is 0 Å². The summed E-state index contributed by atoms with van der Waals surface area (Å²) in [6, 6.07) is 6.72. The second-order valence-corrected chi connectivity index (χ2v) is 6.50. The fourth-order valence-electron chi connectivity index (χ4n) is 3.21. The van der Waals surface area contributed by atoms with Gasteiger partial charge in [-0.25, -0.2) is 0 Å². The van der Waals surface area contributed by atoms with Crippen molar-refractivity contribution in [2.75, 3.05) is 25.0 Å². The molecule has 0 aromatic heterocycles. The second kappa shape index (κ2) is 5.54. The van der Waals surface area contributed by atoms with Crippen LogP contribution in [0, 0.1) is 6.92 Å². The topological polar surface area (TPSA) is 15.3 Å². The van der Waals surface area contributed by atoms with E-state index >= 15 is 0 Å². The Morgan fingerprint density at radius 1 is 1.32 bits per heavy atom. The first kappa shape index (κ1) is 14.4. The van der Waals surface area contributed by atoms with Crippen LogP contribution in [0.25, 0.3) is 0 Å². The van der Waals surface area contributed by atoms with Crippen molar-refractivity contribution in [3.05, 3.63) is 29.3 Å². The van der Waals surface area contributed by atoms with Crippen molar-refractivity contribution in [1.29, 1.82) is 0 Å².